The van der Waals surface area contributed by atoms with Gasteiger partial charge < -0.3 is 4.57 Å². The molecule has 0 fully saturated rings. The highest BCUT2D eigenvalue weighted by molar-refractivity contribution is 9.10. The zero-order valence-corrected chi connectivity index (χ0v) is 10.8. The van der Waals surface area contributed by atoms with Crippen molar-refractivity contribution in [1.29, 1.82) is 0 Å². The van der Waals surface area contributed by atoms with Crippen LogP contribution in [-0.4, -0.2) is 15.3 Å². The number of aryl methyl sites for hydroxylation is 1. The predicted molar refractivity (Wildman–Crippen MR) is 65.8 cm³/mol. The summed E-state index contributed by atoms with van der Waals surface area (Å²) in [4.78, 5) is 16.1. The van der Waals surface area contributed by atoms with Crippen LogP contribution < -0.4 is 0 Å². The summed E-state index contributed by atoms with van der Waals surface area (Å²) in [5, 5.41) is 0.528. The first-order valence-electron chi connectivity index (χ1n) is 4.56. The van der Waals surface area contributed by atoms with Crippen LogP contribution in [0.25, 0.3) is 0 Å². The van der Waals surface area contributed by atoms with Crippen LogP contribution in [0.1, 0.15) is 16.2 Å². The van der Waals surface area contributed by atoms with Crippen LogP contribution in [0.15, 0.2) is 35.1 Å². The number of benzene rings is 1. The molecule has 0 atom stereocenters. The highest BCUT2D eigenvalue weighted by atomic mass is 79.9. The lowest BCUT2D eigenvalue weighted by atomic mass is 10.1. The monoisotopic (exact) mass is 298 g/mol. The summed E-state index contributed by atoms with van der Waals surface area (Å²) in [6, 6.07) is 5.10. The quantitative estimate of drug-likeness (QED) is 0.799. The van der Waals surface area contributed by atoms with Gasteiger partial charge in [-0.3, -0.25) is 4.79 Å². The maximum Gasteiger partial charge on any atom is 0.229 e. The van der Waals surface area contributed by atoms with E-state index >= 15 is 0 Å². The fourth-order valence-electron chi connectivity index (χ4n) is 1.38. The van der Waals surface area contributed by atoms with Gasteiger partial charge >= 0.3 is 0 Å². The molecule has 0 amide bonds. The number of hydrogen-bond acceptors (Lipinski definition) is 2. The number of rotatable bonds is 2. The molecule has 0 spiro atoms. The van der Waals surface area contributed by atoms with Crippen molar-refractivity contribution in [3.8, 4) is 0 Å². The second-order valence-corrected chi connectivity index (χ2v) is 4.61. The molecule has 0 saturated carbocycles. The lowest BCUT2D eigenvalue weighted by molar-refractivity contribution is 0.102. The molecule has 0 aliphatic heterocycles. The smallest absolute Gasteiger partial charge is 0.229 e. The van der Waals surface area contributed by atoms with Gasteiger partial charge in [0.15, 0.2) is 5.82 Å². The summed E-state index contributed by atoms with van der Waals surface area (Å²) >= 11 is 9.19. The van der Waals surface area contributed by atoms with E-state index in [-0.39, 0.29) is 5.78 Å². The normalized spacial score (nSPS) is 10.4. The van der Waals surface area contributed by atoms with E-state index in [1.165, 1.54) is 0 Å². The van der Waals surface area contributed by atoms with Crippen molar-refractivity contribution < 1.29 is 4.79 Å². The summed E-state index contributed by atoms with van der Waals surface area (Å²) in [6.45, 7) is 0. The Balaban J connectivity index is 2.49. The molecule has 0 radical (unpaired) electrons. The minimum atomic E-state index is -0.151. The fraction of sp³-hybridized carbons (Fsp3) is 0.0909. The van der Waals surface area contributed by atoms with Crippen LogP contribution in [0, 0.1) is 0 Å². The molecule has 1 aromatic carbocycles. The molecule has 1 aromatic heterocycles. The Kier molecular flexibility index (Phi) is 3.12. The van der Waals surface area contributed by atoms with E-state index in [1.54, 1.807) is 42.2 Å². The van der Waals surface area contributed by atoms with Gasteiger partial charge in [-0.15, -0.1) is 0 Å². The zero-order chi connectivity index (χ0) is 11.7. The van der Waals surface area contributed by atoms with Crippen LogP contribution in [-0.2, 0) is 7.05 Å². The maximum absolute atomic E-state index is 12.1. The van der Waals surface area contributed by atoms with Crippen molar-refractivity contribution in [3.63, 3.8) is 0 Å². The number of carbonyl (C=O) groups excluding carboxylic acids is 1. The third kappa shape index (κ3) is 2.03. The second kappa shape index (κ2) is 4.39. The Hall–Kier alpha value is -1.13. The first-order chi connectivity index (χ1) is 7.59. The molecule has 0 aliphatic carbocycles. The number of nitrogens with zero attached hydrogens (tertiary/aromatic N) is 2. The van der Waals surface area contributed by atoms with Gasteiger partial charge in [0.2, 0.25) is 5.78 Å². The third-order valence-corrected chi connectivity index (χ3v) is 3.12. The molecule has 0 saturated heterocycles. The van der Waals surface area contributed by atoms with Crippen LogP contribution >= 0.6 is 27.5 Å². The molecule has 16 heavy (non-hydrogen) atoms. The Bertz CT molecular complexity index is 551. The molecule has 0 bridgehead atoms. The molecule has 0 unspecified atom stereocenters. The standard InChI is InChI=1S/C11H8BrClN2O/c1-15-5-4-14-11(15)10(16)8-6-7(13)2-3-9(8)12/h2-6H,1H3. The van der Waals surface area contributed by atoms with Crippen molar-refractivity contribution in [2.24, 2.45) is 7.05 Å². The molecule has 82 valence electrons. The first kappa shape index (κ1) is 11.4. The van der Waals surface area contributed by atoms with E-state index in [9.17, 15) is 4.79 Å². The van der Waals surface area contributed by atoms with Crippen LogP contribution in [0.4, 0.5) is 0 Å². The predicted octanol–water partition coefficient (Wildman–Crippen LogP) is 3.07. The highest BCUT2D eigenvalue weighted by Gasteiger charge is 2.16. The first-order valence-corrected chi connectivity index (χ1v) is 5.74. The molecule has 2 rings (SSSR count). The Labute approximate surface area is 106 Å². The van der Waals surface area contributed by atoms with E-state index in [0.29, 0.717) is 20.9 Å². The van der Waals surface area contributed by atoms with Crippen LogP contribution in [0.5, 0.6) is 0 Å². The minimum absolute atomic E-state index is 0.151. The summed E-state index contributed by atoms with van der Waals surface area (Å²) in [5.74, 6) is 0.241. The van der Waals surface area contributed by atoms with Crippen molar-refractivity contribution in [2.75, 3.05) is 0 Å². The van der Waals surface area contributed by atoms with Crippen molar-refractivity contribution >= 4 is 33.3 Å². The molecule has 2 aromatic rings. The van der Waals surface area contributed by atoms with Crippen molar-refractivity contribution in [1.82, 2.24) is 9.55 Å². The van der Waals surface area contributed by atoms with E-state index in [2.05, 4.69) is 20.9 Å². The molecule has 3 nitrogen and oxygen atoms in total. The molecule has 5 heteroatoms. The van der Waals surface area contributed by atoms with Gasteiger partial charge in [-0.1, -0.05) is 27.5 Å². The van der Waals surface area contributed by atoms with E-state index in [4.69, 9.17) is 11.6 Å². The largest absolute Gasteiger partial charge is 0.331 e. The maximum atomic E-state index is 12.1. The van der Waals surface area contributed by atoms with Gasteiger partial charge in [0.1, 0.15) is 0 Å². The molecular formula is C11H8BrClN2O. The Morgan fingerprint density at radius 3 is 2.88 bits per heavy atom. The average molecular weight is 300 g/mol. The van der Waals surface area contributed by atoms with E-state index < -0.39 is 0 Å². The Morgan fingerprint density at radius 1 is 1.50 bits per heavy atom. The summed E-state index contributed by atoms with van der Waals surface area (Å²) in [6.07, 6.45) is 3.32. The van der Waals surface area contributed by atoms with Crippen molar-refractivity contribution in [2.45, 2.75) is 0 Å². The van der Waals surface area contributed by atoms with E-state index in [0.717, 1.165) is 0 Å². The fourth-order valence-corrected chi connectivity index (χ4v) is 1.98. The van der Waals surface area contributed by atoms with Crippen LogP contribution in [0.2, 0.25) is 5.02 Å². The van der Waals surface area contributed by atoms with Gasteiger partial charge in [-0.05, 0) is 18.2 Å². The molecule has 1 heterocycles. The van der Waals surface area contributed by atoms with Gasteiger partial charge in [0, 0.05) is 34.5 Å². The number of aromatic nitrogens is 2. The van der Waals surface area contributed by atoms with Crippen molar-refractivity contribution in [3.05, 3.63) is 51.5 Å². The summed E-state index contributed by atoms with van der Waals surface area (Å²) in [7, 11) is 1.78. The van der Waals surface area contributed by atoms with E-state index in [1.807, 2.05) is 0 Å². The number of carbonyl (C=O) groups is 1. The molecular weight excluding hydrogens is 291 g/mol. The number of halogens is 2. The SMILES string of the molecule is Cn1ccnc1C(=O)c1cc(Cl)ccc1Br. The highest BCUT2D eigenvalue weighted by Crippen LogP contribution is 2.23. The molecule has 0 N–H and O–H groups in total. The lowest BCUT2D eigenvalue weighted by Gasteiger charge is -2.04. The lowest BCUT2D eigenvalue weighted by Crippen LogP contribution is -2.09. The zero-order valence-electron chi connectivity index (χ0n) is 8.45. The number of ketones is 1. The summed E-state index contributed by atoms with van der Waals surface area (Å²) in [5.41, 5.74) is 0.516. The summed E-state index contributed by atoms with van der Waals surface area (Å²) < 4.78 is 2.39. The number of hydrogen-bond donors (Lipinski definition) is 0. The minimum Gasteiger partial charge on any atom is -0.331 e. The van der Waals surface area contributed by atoms with Crippen LogP contribution in [0.3, 0.4) is 0 Å². The van der Waals surface area contributed by atoms with Gasteiger partial charge in [0.25, 0.3) is 0 Å². The Morgan fingerprint density at radius 2 is 2.25 bits per heavy atom. The van der Waals surface area contributed by atoms with Gasteiger partial charge in [0.05, 0.1) is 0 Å². The molecule has 0 aliphatic rings. The topological polar surface area (TPSA) is 34.9 Å². The average Bonchev–Trinajstić information content (AvgIpc) is 2.67. The van der Waals surface area contributed by atoms with Gasteiger partial charge in [-0.25, -0.2) is 4.98 Å². The number of imidazole rings is 1. The third-order valence-electron chi connectivity index (χ3n) is 2.20. The second-order valence-electron chi connectivity index (χ2n) is 3.32. The van der Waals surface area contributed by atoms with Gasteiger partial charge in [-0.2, -0.15) is 0 Å².